The van der Waals surface area contributed by atoms with Crippen molar-refractivity contribution in [3.8, 4) is 0 Å². The van der Waals surface area contributed by atoms with E-state index in [1.165, 1.54) is 38.4 Å². The van der Waals surface area contributed by atoms with Gasteiger partial charge in [-0.3, -0.25) is 4.79 Å². The van der Waals surface area contributed by atoms with Gasteiger partial charge < -0.3 is 5.32 Å². The van der Waals surface area contributed by atoms with E-state index in [9.17, 15) is 13.2 Å². The number of carbonyl (C=O) groups excluding carboxylic acids is 1. The summed E-state index contributed by atoms with van der Waals surface area (Å²) in [4.78, 5) is 12.0. The lowest BCUT2D eigenvalue weighted by Gasteiger charge is -2.29. The van der Waals surface area contributed by atoms with Crippen molar-refractivity contribution >= 4 is 15.7 Å². The smallest absolute Gasteiger partial charge is 0.220 e. The van der Waals surface area contributed by atoms with Crippen molar-refractivity contribution in [2.45, 2.75) is 81.9 Å². The van der Waals surface area contributed by atoms with Crippen LogP contribution in [0.5, 0.6) is 0 Å². The van der Waals surface area contributed by atoms with Gasteiger partial charge in [-0.25, -0.2) is 8.42 Å². The standard InChI is InChI=1S/C16H29NO3S/c1-21(19,20)15-9-5-8-14(12-15)17-16(18)11-10-13-6-3-2-4-7-13/h13-15H,2-12H2,1H3,(H,17,18)/t14-,15+/m1/s1. The van der Waals surface area contributed by atoms with Gasteiger partial charge in [0.15, 0.2) is 0 Å². The van der Waals surface area contributed by atoms with Crippen molar-refractivity contribution in [2.24, 2.45) is 5.92 Å². The first kappa shape index (κ1) is 16.8. The summed E-state index contributed by atoms with van der Waals surface area (Å²) in [6, 6.07) is 0.0531. The number of hydrogen-bond donors (Lipinski definition) is 1. The summed E-state index contributed by atoms with van der Waals surface area (Å²) >= 11 is 0. The quantitative estimate of drug-likeness (QED) is 0.848. The molecule has 2 saturated carbocycles. The first-order valence-electron chi connectivity index (χ1n) is 8.43. The van der Waals surface area contributed by atoms with Gasteiger partial charge in [0.05, 0.1) is 5.25 Å². The van der Waals surface area contributed by atoms with Crippen LogP contribution in [0.15, 0.2) is 0 Å². The maximum absolute atomic E-state index is 12.0. The van der Waals surface area contributed by atoms with Crippen LogP contribution in [0.25, 0.3) is 0 Å². The molecule has 5 heteroatoms. The SMILES string of the molecule is CS(=O)(=O)[C@H]1CCC[C@@H](NC(=O)CCC2CCCCC2)C1. The fourth-order valence-electron chi connectivity index (χ4n) is 3.78. The van der Waals surface area contributed by atoms with Gasteiger partial charge >= 0.3 is 0 Å². The summed E-state index contributed by atoms with van der Waals surface area (Å²) in [6.45, 7) is 0. The molecule has 0 aliphatic heterocycles. The van der Waals surface area contributed by atoms with Crippen LogP contribution in [0.2, 0.25) is 0 Å². The molecule has 122 valence electrons. The molecule has 21 heavy (non-hydrogen) atoms. The molecule has 1 N–H and O–H groups in total. The minimum Gasteiger partial charge on any atom is -0.353 e. The average Bonchev–Trinajstić information content (AvgIpc) is 2.46. The minimum absolute atomic E-state index is 0.0531. The number of nitrogens with one attached hydrogen (secondary N) is 1. The fourth-order valence-corrected chi connectivity index (χ4v) is 4.95. The molecule has 0 aromatic rings. The van der Waals surface area contributed by atoms with Gasteiger partial charge in [0.1, 0.15) is 9.84 Å². The molecule has 0 unspecified atom stereocenters. The lowest BCUT2D eigenvalue weighted by molar-refractivity contribution is -0.122. The number of sulfone groups is 1. The van der Waals surface area contributed by atoms with Crippen molar-refractivity contribution < 1.29 is 13.2 Å². The highest BCUT2D eigenvalue weighted by atomic mass is 32.2. The lowest BCUT2D eigenvalue weighted by atomic mass is 9.86. The first-order valence-corrected chi connectivity index (χ1v) is 10.4. The van der Waals surface area contributed by atoms with E-state index in [4.69, 9.17) is 0 Å². The topological polar surface area (TPSA) is 63.2 Å². The van der Waals surface area contributed by atoms with Crippen molar-refractivity contribution in [1.82, 2.24) is 5.32 Å². The Kier molecular flexibility index (Phi) is 6.08. The van der Waals surface area contributed by atoms with Crippen LogP contribution < -0.4 is 5.32 Å². The summed E-state index contributed by atoms with van der Waals surface area (Å²) in [5.41, 5.74) is 0. The van der Waals surface area contributed by atoms with Crippen molar-refractivity contribution in [3.05, 3.63) is 0 Å². The maximum atomic E-state index is 12.0. The van der Waals surface area contributed by atoms with Crippen LogP contribution in [-0.2, 0) is 14.6 Å². The van der Waals surface area contributed by atoms with Crippen molar-refractivity contribution in [3.63, 3.8) is 0 Å². The highest BCUT2D eigenvalue weighted by Crippen LogP contribution is 2.27. The Morgan fingerprint density at radius 2 is 1.76 bits per heavy atom. The van der Waals surface area contributed by atoms with Gasteiger partial charge in [0, 0.05) is 18.7 Å². The zero-order valence-corrected chi connectivity index (χ0v) is 14.0. The normalized spacial score (nSPS) is 28.2. The molecule has 0 aromatic heterocycles. The van der Waals surface area contributed by atoms with E-state index in [0.29, 0.717) is 12.8 Å². The second kappa shape index (κ2) is 7.61. The van der Waals surface area contributed by atoms with Gasteiger partial charge in [-0.05, 0) is 31.6 Å². The molecule has 0 bridgehead atoms. The number of rotatable bonds is 5. The third-order valence-corrected chi connectivity index (χ3v) is 6.74. The third-order valence-electron chi connectivity index (χ3n) is 5.10. The fraction of sp³-hybridized carbons (Fsp3) is 0.938. The Morgan fingerprint density at radius 1 is 1.05 bits per heavy atom. The molecule has 4 nitrogen and oxygen atoms in total. The van der Waals surface area contributed by atoms with E-state index in [-0.39, 0.29) is 17.2 Å². The largest absolute Gasteiger partial charge is 0.353 e. The Balaban J connectivity index is 1.71. The molecule has 0 radical (unpaired) electrons. The van der Waals surface area contributed by atoms with E-state index in [1.54, 1.807) is 0 Å². The van der Waals surface area contributed by atoms with E-state index in [2.05, 4.69) is 5.32 Å². The molecular formula is C16H29NO3S. The van der Waals surface area contributed by atoms with Crippen molar-refractivity contribution in [2.75, 3.05) is 6.26 Å². The molecule has 2 aliphatic rings. The predicted molar refractivity (Wildman–Crippen MR) is 84.8 cm³/mol. The summed E-state index contributed by atoms with van der Waals surface area (Å²) < 4.78 is 23.3. The molecule has 1 amide bonds. The Labute approximate surface area is 129 Å². The lowest BCUT2D eigenvalue weighted by Crippen LogP contribution is -2.41. The zero-order valence-electron chi connectivity index (χ0n) is 13.1. The molecule has 0 spiro atoms. The average molecular weight is 315 g/mol. The second-order valence-corrected chi connectivity index (χ2v) is 9.25. The molecule has 0 aromatic carbocycles. The van der Waals surface area contributed by atoms with Gasteiger partial charge in [0.25, 0.3) is 0 Å². The molecule has 2 fully saturated rings. The third kappa shape index (κ3) is 5.61. The molecule has 2 aliphatic carbocycles. The van der Waals surface area contributed by atoms with Gasteiger partial charge in [-0.15, -0.1) is 0 Å². The summed E-state index contributed by atoms with van der Waals surface area (Å²) in [5, 5.41) is 2.79. The Bertz CT molecular complexity index is 440. The predicted octanol–water partition coefficient (Wildman–Crippen LogP) is 2.82. The Morgan fingerprint density at radius 3 is 2.43 bits per heavy atom. The Hall–Kier alpha value is -0.580. The van der Waals surface area contributed by atoms with Crippen LogP contribution in [0.4, 0.5) is 0 Å². The number of amides is 1. The summed E-state index contributed by atoms with van der Waals surface area (Å²) in [7, 11) is -2.98. The first-order chi connectivity index (χ1) is 9.95. The zero-order chi connectivity index (χ0) is 15.3. The van der Waals surface area contributed by atoms with Crippen LogP contribution in [0.3, 0.4) is 0 Å². The highest BCUT2D eigenvalue weighted by Gasteiger charge is 2.29. The summed E-state index contributed by atoms with van der Waals surface area (Å²) in [5.74, 6) is 0.833. The van der Waals surface area contributed by atoms with Gasteiger partial charge in [-0.2, -0.15) is 0 Å². The monoisotopic (exact) mass is 315 g/mol. The van der Waals surface area contributed by atoms with E-state index in [0.717, 1.165) is 31.6 Å². The highest BCUT2D eigenvalue weighted by molar-refractivity contribution is 7.91. The van der Waals surface area contributed by atoms with E-state index < -0.39 is 9.84 Å². The molecule has 2 rings (SSSR count). The molecule has 0 heterocycles. The number of hydrogen-bond acceptors (Lipinski definition) is 3. The van der Waals surface area contributed by atoms with Crippen LogP contribution in [0, 0.1) is 5.92 Å². The van der Waals surface area contributed by atoms with Crippen molar-refractivity contribution in [1.29, 1.82) is 0 Å². The second-order valence-electron chi connectivity index (χ2n) is 6.93. The van der Waals surface area contributed by atoms with E-state index >= 15 is 0 Å². The minimum atomic E-state index is -2.98. The van der Waals surface area contributed by atoms with Crippen LogP contribution in [-0.4, -0.2) is 31.9 Å². The molecule has 0 saturated heterocycles. The van der Waals surface area contributed by atoms with Crippen LogP contribution >= 0.6 is 0 Å². The van der Waals surface area contributed by atoms with Gasteiger partial charge in [0.2, 0.25) is 5.91 Å². The molecular weight excluding hydrogens is 286 g/mol. The molecule has 2 atom stereocenters. The van der Waals surface area contributed by atoms with E-state index in [1.807, 2.05) is 0 Å². The summed E-state index contributed by atoms with van der Waals surface area (Å²) in [6.07, 6.45) is 12.6. The number of carbonyl (C=O) groups is 1. The van der Waals surface area contributed by atoms with Gasteiger partial charge in [-0.1, -0.05) is 38.5 Å². The maximum Gasteiger partial charge on any atom is 0.220 e. The van der Waals surface area contributed by atoms with Crippen LogP contribution in [0.1, 0.15) is 70.6 Å².